The van der Waals surface area contributed by atoms with Crippen LogP contribution in [0.5, 0.6) is 0 Å². The molecule has 0 aliphatic carbocycles. The smallest absolute Gasteiger partial charge is 0.253 e. The van der Waals surface area contributed by atoms with Gasteiger partial charge in [0.25, 0.3) is 5.91 Å². The third kappa shape index (κ3) is 2.79. The Morgan fingerprint density at radius 3 is 2.89 bits per heavy atom. The van der Waals surface area contributed by atoms with Crippen LogP contribution in [-0.2, 0) is 10.8 Å². The van der Waals surface area contributed by atoms with E-state index in [1.807, 2.05) is 31.2 Å². The van der Waals surface area contributed by atoms with Gasteiger partial charge in [0.05, 0.1) is 5.56 Å². The number of para-hydroxylation sites is 1. The molecule has 2 atom stereocenters. The fourth-order valence-corrected chi connectivity index (χ4v) is 2.74. The van der Waals surface area contributed by atoms with Crippen molar-refractivity contribution in [2.24, 2.45) is 0 Å². The van der Waals surface area contributed by atoms with E-state index < -0.39 is 10.8 Å². The monoisotopic (exact) mass is 264 g/mol. The summed E-state index contributed by atoms with van der Waals surface area (Å²) in [7, 11) is -0.909. The van der Waals surface area contributed by atoms with E-state index in [-0.39, 0.29) is 11.9 Å². The summed E-state index contributed by atoms with van der Waals surface area (Å²) >= 11 is 0. The first-order chi connectivity index (χ1) is 8.58. The highest BCUT2D eigenvalue weighted by molar-refractivity contribution is 7.84. The fraction of sp³-hybridized carbons (Fsp3) is 0.308. The van der Waals surface area contributed by atoms with E-state index in [1.54, 1.807) is 12.5 Å². The van der Waals surface area contributed by atoms with Gasteiger partial charge in [0.2, 0.25) is 0 Å². The molecule has 1 aromatic carbocycles. The van der Waals surface area contributed by atoms with Crippen LogP contribution in [0.25, 0.3) is 10.9 Å². The predicted molar refractivity (Wildman–Crippen MR) is 74.2 cm³/mol. The van der Waals surface area contributed by atoms with Crippen LogP contribution in [0.15, 0.2) is 30.5 Å². The number of carbonyl (C=O) groups excluding carboxylic acids is 1. The van der Waals surface area contributed by atoms with Gasteiger partial charge in [-0.25, -0.2) is 0 Å². The van der Waals surface area contributed by atoms with Crippen LogP contribution >= 0.6 is 0 Å². The minimum absolute atomic E-state index is 0.100. The van der Waals surface area contributed by atoms with Crippen LogP contribution in [0.2, 0.25) is 0 Å². The van der Waals surface area contributed by atoms with Crippen molar-refractivity contribution in [3.05, 3.63) is 36.0 Å². The zero-order valence-electron chi connectivity index (χ0n) is 10.4. The van der Waals surface area contributed by atoms with Crippen LogP contribution in [0, 0.1) is 0 Å². The second-order valence-corrected chi connectivity index (χ2v) is 5.84. The van der Waals surface area contributed by atoms with Gasteiger partial charge < -0.3 is 10.3 Å². The molecule has 0 saturated carbocycles. The molecule has 0 bridgehead atoms. The second kappa shape index (κ2) is 5.35. The van der Waals surface area contributed by atoms with Crippen LogP contribution < -0.4 is 5.32 Å². The number of hydrogen-bond acceptors (Lipinski definition) is 2. The van der Waals surface area contributed by atoms with E-state index in [0.717, 1.165) is 10.9 Å². The highest BCUT2D eigenvalue weighted by atomic mass is 32.2. The maximum absolute atomic E-state index is 12.1. The summed E-state index contributed by atoms with van der Waals surface area (Å²) in [5.74, 6) is 0.332. The lowest BCUT2D eigenvalue weighted by Gasteiger charge is -2.11. The summed E-state index contributed by atoms with van der Waals surface area (Å²) in [4.78, 5) is 15.1. The van der Waals surface area contributed by atoms with Gasteiger partial charge in [-0.05, 0) is 13.0 Å². The van der Waals surface area contributed by atoms with Gasteiger partial charge in [-0.15, -0.1) is 0 Å². The van der Waals surface area contributed by atoms with E-state index in [1.165, 1.54) is 0 Å². The maximum atomic E-state index is 12.1. The number of rotatable bonds is 4. The number of nitrogens with one attached hydrogen (secondary N) is 2. The lowest BCUT2D eigenvalue weighted by atomic mass is 10.1. The van der Waals surface area contributed by atoms with Crippen molar-refractivity contribution in [3.8, 4) is 0 Å². The number of hydrogen-bond donors (Lipinski definition) is 2. The number of H-pyrrole nitrogens is 1. The molecular weight excluding hydrogens is 248 g/mol. The average molecular weight is 264 g/mol. The Morgan fingerprint density at radius 1 is 1.44 bits per heavy atom. The summed E-state index contributed by atoms with van der Waals surface area (Å²) in [6.07, 6.45) is 3.34. The molecule has 0 aliphatic rings. The van der Waals surface area contributed by atoms with Gasteiger partial charge in [0.1, 0.15) is 0 Å². The Morgan fingerprint density at radius 2 is 2.17 bits per heavy atom. The van der Waals surface area contributed by atoms with Gasteiger partial charge in [0.15, 0.2) is 0 Å². The van der Waals surface area contributed by atoms with Gasteiger partial charge in [-0.2, -0.15) is 0 Å². The van der Waals surface area contributed by atoms with E-state index in [9.17, 15) is 9.00 Å². The zero-order chi connectivity index (χ0) is 13.1. The molecule has 2 aromatic rings. The van der Waals surface area contributed by atoms with Gasteiger partial charge >= 0.3 is 0 Å². The molecule has 1 aromatic heterocycles. The topological polar surface area (TPSA) is 62.0 Å². The number of fused-ring (bicyclic) bond motifs is 1. The van der Waals surface area contributed by atoms with E-state index in [4.69, 9.17) is 0 Å². The molecule has 2 unspecified atom stereocenters. The second-order valence-electron chi connectivity index (χ2n) is 4.36. The first-order valence-electron chi connectivity index (χ1n) is 5.75. The maximum Gasteiger partial charge on any atom is 0.253 e. The molecule has 0 spiro atoms. The molecule has 0 saturated heterocycles. The minimum atomic E-state index is -0.909. The molecule has 1 amide bonds. The average Bonchev–Trinajstić information content (AvgIpc) is 2.71. The Hall–Kier alpha value is -1.62. The number of amides is 1. The van der Waals surface area contributed by atoms with Crippen molar-refractivity contribution < 1.29 is 9.00 Å². The quantitative estimate of drug-likeness (QED) is 0.882. The summed E-state index contributed by atoms with van der Waals surface area (Å²) in [5, 5.41) is 3.76. The molecule has 5 heteroatoms. The third-order valence-electron chi connectivity index (χ3n) is 2.70. The van der Waals surface area contributed by atoms with E-state index >= 15 is 0 Å². The Kier molecular flexibility index (Phi) is 3.81. The summed E-state index contributed by atoms with van der Waals surface area (Å²) in [5.41, 5.74) is 1.56. The van der Waals surface area contributed by atoms with Crippen molar-refractivity contribution >= 4 is 27.6 Å². The lowest BCUT2D eigenvalue weighted by molar-refractivity contribution is 0.0945. The zero-order valence-corrected chi connectivity index (χ0v) is 11.2. The molecule has 1 heterocycles. The normalized spacial score (nSPS) is 14.3. The minimum Gasteiger partial charge on any atom is -0.360 e. The Bertz CT molecular complexity index is 591. The standard InChI is InChI=1S/C13H16N2O2S/c1-9(8-18(2)17)15-13(16)11-7-14-12-6-4-3-5-10(11)12/h3-7,9,14H,8H2,1-2H3,(H,15,16). The Labute approximate surface area is 108 Å². The molecule has 2 N–H and O–H groups in total. The molecular formula is C13H16N2O2S. The molecule has 0 radical (unpaired) electrons. The lowest BCUT2D eigenvalue weighted by Crippen LogP contribution is -2.36. The summed E-state index contributed by atoms with van der Waals surface area (Å²) in [6.45, 7) is 1.86. The molecule has 0 fully saturated rings. The first-order valence-corrected chi connectivity index (χ1v) is 7.47. The van der Waals surface area contributed by atoms with Gasteiger partial charge in [0, 0.05) is 45.9 Å². The van der Waals surface area contributed by atoms with Crippen molar-refractivity contribution in [1.29, 1.82) is 0 Å². The van der Waals surface area contributed by atoms with Crippen LogP contribution in [0.1, 0.15) is 17.3 Å². The van der Waals surface area contributed by atoms with Crippen LogP contribution in [0.3, 0.4) is 0 Å². The summed E-state index contributed by atoms with van der Waals surface area (Å²) < 4.78 is 11.1. The van der Waals surface area contributed by atoms with Crippen LogP contribution in [0.4, 0.5) is 0 Å². The molecule has 0 aliphatic heterocycles. The Balaban J connectivity index is 2.16. The molecule has 2 rings (SSSR count). The summed E-state index contributed by atoms with van der Waals surface area (Å²) in [6, 6.07) is 7.55. The number of aromatic amines is 1. The van der Waals surface area contributed by atoms with E-state index in [2.05, 4.69) is 10.3 Å². The van der Waals surface area contributed by atoms with Crippen LogP contribution in [-0.4, -0.2) is 33.2 Å². The highest BCUT2D eigenvalue weighted by Crippen LogP contribution is 2.17. The molecule has 96 valence electrons. The van der Waals surface area contributed by atoms with Crippen molar-refractivity contribution in [2.75, 3.05) is 12.0 Å². The fourth-order valence-electron chi connectivity index (χ4n) is 1.95. The number of aromatic nitrogens is 1. The first kappa shape index (κ1) is 12.8. The van der Waals surface area contributed by atoms with Gasteiger partial charge in [-0.3, -0.25) is 9.00 Å². The largest absolute Gasteiger partial charge is 0.360 e. The number of carbonyl (C=O) groups is 1. The number of benzene rings is 1. The van der Waals surface area contributed by atoms with Crippen molar-refractivity contribution in [2.45, 2.75) is 13.0 Å². The predicted octanol–water partition coefficient (Wildman–Crippen LogP) is 1.66. The van der Waals surface area contributed by atoms with E-state index in [0.29, 0.717) is 11.3 Å². The third-order valence-corrected chi connectivity index (χ3v) is 3.67. The molecule has 4 nitrogen and oxygen atoms in total. The van der Waals surface area contributed by atoms with Crippen molar-refractivity contribution in [3.63, 3.8) is 0 Å². The highest BCUT2D eigenvalue weighted by Gasteiger charge is 2.14. The molecule has 18 heavy (non-hydrogen) atoms. The van der Waals surface area contributed by atoms with Crippen molar-refractivity contribution in [1.82, 2.24) is 10.3 Å². The SMILES string of the molecule is CC(CS(C)=O)NC(=O)c1c[nH]c2ccccc12. The van der Waals surface area contributed by atoms with Gasteiger partial charge in [-0.1, -0.05) is 18.2 Å².